The number of hydrogen-bond acceptors (Lipinski definition) is 10. The molecular formula is C37H59N5O7. The minimum absolute atomic E-state index is 0.127. The average molecular weight is 686 g/mol. The third-order valence-corrected chi connectivity index (χ3v) is 9.05. The maximum atomic E-state index is 12.8. The number of benzene rings is 1. The first-order valence-electron chi connectivity index (χ1n) is 18.1. The van der Waals surface area contributed by atoms with Crippen LogP contribution in [0.2, 0.25) is 0 Å². The van der Waals surface area contributed by atoms with E-state index in [1.54, 1.807) is 6.07 Å². The Labute approximate surface area is 292 Å². The lowest BCUT2D eigenvalue weighted by Gasteiger charge is -2.29. The quantitative estimate of drug-likeness (QED) is 0.128. The van der Waals surface area contributed by atoms with Crippen molar-refractivity contribution in [3.63, 3.8) is 0 Å². The Morgan fingerprint density at radius 3 is 2.04 bits per heavy atom. The lowest BCUT2D eigenvalue weighted by Crippen LogP contribution is -2.28. The van der Waals surface area contributed by atoms with Crippen LogP contribution in [0.5, 0.6) is 0 Å². The zero-order valence-corrected chi connectivity index (χ0v) is 30.0. The van der Waals surface area contributed by atoms with Gasteiger partial charge in [0.2, 0.25) is 0 Å². The number of aryl methyl sites for hydroxylation is 1. The molecule has 0 spiro atoms. The summed E-state index contributed by atoms with van der Waals surface area (Å²) in [6.45, 7) is 14.4. The van der Waals surface area contributed by atoms with Crippen LogP contribution >= 0.6 is 0 Å². The van der Waals surface area contributed by atoms with Gasteiger partial charge in [-0.1, -0.05) is 26.7 Å². The smallest absolute Gasteiger partial charge is 0.250 e. The first-order valence-corrected chi connectivity index (χ1v) is 18.1. The first kappa shape index (κ1) is 38.9. The molecule has 4 rings (SSSR count). The molecule has 2 aliphatic carbocycles. The van der Waals surface area contributed by atoms with Crippen molar-refractivity contribution < 1.29 is 33.3 Å². The third-order valence-electron chi connectivity index (χ3n) is 9.05. The normalized spacial score (nSPS) is 15.9. The minimum Gasteiger partial charge on any atom is -0.384 e. The number of fused-ring (bicyclic) bond motifs is 1. The number of Topliss-reactive ketones (excluding diaryl/α,β-unsaturated/α-hetero) is 1. The van der Waals surface area contributed by atoms with Crippen LogP contribution in [0.25, 0.3) is 5.69 Å². The Balaban J connectivity index is 0.991. The molecule has 1 saturated carbocycles. The van der Waals surface area contributed by atoms with E-state index in [1.807, 2.05) is 23.7 Å². The Morgan fingerprint density at radius 1 is 0.878 bits per heavy atom. The minimum atomic E-state index is -0.512. The van der Waals surface area contributed by atoms with Gasteiger partial charge in [-0.3, -0.25) is 9.59 Å². The standard InChI is InChI=1S/C37H59N5O7/c1-28-35-33(25-37(2,3)26-34(35)43)42(41-28)30-10-11-31(36(38)44)32(24-30)40-13-7-15-46-17-19-48-21-23-49-22-20-47-18-16-45-14-6-12-39-27-29-8-4-5-9-29/h10-11,24,29,39-40H,4-9,12-23,25-27H2,1-3H3,(H2,38,44). The van der Waals surface area contributed by atoms with Gasteiger partial charge in [0, 0.05) is 31.9 Å². The largest absolute Gasteiger partial charge is 0.384 e. The highest BCUT2D eigenvalue weighted by Crippen LogP contribution is 2.37. The van der Waals surface area contributed by atoms with Crippen molar-refractivity contribution in [2.45, 2.75) is 72.1 Å². The molecule has 2 aromatic rings. The summed E-state index contributed by atoms with van der Waals surface area (Å²) in [5.74, 6) is 0.499. The van der Waals surface area contributed by atoms with E-state index in [0.717, 1.165) is 62.0 Å². The SMILES string of the molecule is Cc1nn(-c2ccc(C(N)=O)c(NCCCOCCOCCOCCOCCOCCCNCC3CCCC3)c2)c2c1C(=O)CC(C)(C)C2. The fourth-order valence-electron chi connectivity index (χ4n) is 6.58. The third kappa shape index (κ3) is 13.1. The summed E-state index contributed by atoms with van der Waals surface area (Å²) in [5.41, 5.74) is 9.68. The summed E-state index contributed by atoms with van der Waals surface area (Å²) in [6, 6.07) is 5.40. The van der Waals surface area contributed by atoms with Gasteiger partial charge in [-0.2, -0.15) is 5.10 Å². The number of carbonyl (C=O) groups is 2. The van der Waals surface area contributed by atoms with E-state index in [1.165, 1.54) is 25.7 Å². The van der Waals surface area contributed by atoms with Gasteiger partial charge in [0.15, 0.2) is 5.78 Å². The summed E-state index contributed by atoms with van der Waals surface area (Å²) >= 11 is 0. The number of nitrogens with two attached hydrogens (primary N) is 1. The molecule has 0 radical (unpaired) electrons. The zero-order chi connectivity index (χ0) is 34.9. The lowest BCUT2D eigenvalue weighted by molar-refractivity contribution is -0.0111. The molecule has 1 fully saturated rings. The lowest BCUT2D eigenvalue weighted by atomic mass is 9.75. The number of ether oxygens (including phenoxy) is 5. The van der Waals surface area contributed by atoms with Gasteiger partial charge in [0.05, 0.1) is 81.1 Å². The fraction of sp³-hybridized carbons (Fsp3) is 0.703. The molecule has 1 aromatic heterocycles. The number of primary amides is 1. The molecule has 2 aliphatic rings. The van der Waals surface area contributed by atoms with Crippen LogP contribution in [-0.2, 0) is 30.1 Å². The maximum absolute atomic E-state index is 12.8. The average Bonchev–Trinajstić information content (AvgIpc) is 3.70. The van der Waals surface area contributed by atoms with Gasteiger partial charge in [-0.25, -0.2) is 4.68 Å². The number of anilines is 1. The number of nitrogens with zero attached hydrogens (tertiary/aromatic N) is 2. The number of nitrogens with one attached hydrogen (secondary N) is 2. The number of ketones is 1. The highest BCUT2D eigenvalue weighted by Gasteiger charge is 2.35. The van der Waals surface area contributed by atoms with E-state index in [9.17, 15) is 9.59 Å². The number of carbonyl (C=O) groups excluding carboxylic acids is 2. The zero-order valence-electron chi connectivity index (χ0n) is 30.0. The summed E-state index contributed by atoms with van der Waals surface area (Å²) in [4.78, 5) is 25.0. The second-order valence-corrected chi connectivity index (χ2v) is 13.9. The van der Waals surface area contributed by atoms with E-state index in [4.69, 9.17) is 34.5 Å². The van der Waals surface area contributed by atoms with E-state index in [2.05, 4.69) is 24.5 Å². The number of rotatable bonds is 25. The Kier molecular flexibility index (Phi) is 16.5. The highest BCUT2D eigenvalue weighted by molar-refractivity contribution is 6.00. The fourth-order valence-corrected chi connectivity index (χ4v) is 6.58. The van der Waals surface area contributed by atoms with Gasteiger partial charge in [-0.05, 0) is 81.6 Å². The van der Waals surface area contributed by atoms with Crippen LogP contribution in [0.3, 0.4) is 0 Å². The van der Waals surface area contributed by atoms with E-state index in [0.29, 0.717) is 89.2 Å². The Bertz CT molecular complexity index is 1310. The van der Waals surface area contributed by atoms with Crippen LogP contribution in [-0.4, -0.2) is 107 Å². The topological polar surface area (TPSA) is 148 Å². The second-order valence-electron chi connectivity index (χ2n) is 13.9. The molecule has 12 nitrogen and oxygen atoms in total. The molecule has 0 atom stereocenters. The van der Waals surface area contributed by atoms with Gasteiger partial charge in [-0.15, -0.1) is 0 Å². The van der Waals surface area contributed by atoms with Crippen LogP contribution in [0.15, 0.2) is 18.2 Å². The van der Waals surface area contributed by atoms with Gasteiger partial charge >= 0.3 is 0 Å². The molecule has 0 bridgehead atoms. The molecule has 0 saturated heterocycles. The monoisotopic (exact) mass is 685 g/mol. The molecule has 1 aromatic carbocycles. The predicted octanol–water partition coefficient (Wildman–Crippen LogP) is 4.49. The van der Waals surface area contributed by atoms with Crippen molar-refractivity contribution in [2.75, 3.05) is 91.0 Å². The number of aromatic nitrogens is 2. The van der Waals surface area contributed by atoms with Crippen molar-refractivity contribution in [3.8, 4) is 5.69 Å². The molecular weight excluding hydrogens is 626 g/mol. The summed E-state index contributed by atoms with van der Waals surface area (Å²) in [5, 5.41) is 11.6. The molecule has 1 amide bonds. The van der Waals surface area contributed by atoms with Crippen LogP contribution in [0.4, 0.5) is 5.69 Å². The molecule has 274 valence electrons. The van der Waals surface area contributed by atoms with E-state index >= 15 is 0 Å². The molecule has 4 N–H and O–H groups in total. The van der Waals surface area contributed by atoms with Crippen molar-refractivity contribution in [3.05, 3.63) is 40.7 Å². The summed E-state index contributed by atoms with van der Waals surface area (Å²) in [7, 11) is 0. The highest BCUT2D eigenvalue weighted by atomic mass is 16.6. The predicted molar refractivity (Wildman–Crippen MR) is 190 cm³/mol. The molecule has 0 aliphatic heterocycles. The summed E-state index contributed by atoms with van der Waals surface area (Å²) < 4.78 is 29.8. The van der Waals surface area contributed by atoms with Crippen molar-refractivity contribution in [1.29, 1.82) is 0 Å². The van der Waals surface area contributed by atoms with Crippen molar-refractivity contribution in [1.82, 2.24) is 15.1 Å². The number of hydrogen-bond donors (Lipinski definition) is 3. The second kappa shape index (κ2) is 20.7. The maximum Gasteiger partial charge on any atom is 0.250 e. The summed E-state index contributed by atoms with van der Waals surface area (Å²) in [6.07, 6.45) is 8.58. The molecule has 1 heterocycles. The Hall–Kier alpha value is -2.87. The molecule has 49 heavy (non-hydrogen) atoms. The Morgan fingerprint density at radius 2 is 1.45 bits per heavy atom. The van der Waals surface area contributed by atoms with Crippen molar-refractivity contribution in [2.24, 2.45) is 17.1 Å². The van der Waals surface area contributed by atoms with Gasteiger partial charge in [0.1, 0.15) is 0 Å². The van der Waals surface area contributed by atoms with Gasteiger partial charge in [0.25, 0.3) is 5.91 Å². The molecule has 0 unspecified atom stereocenters. The van der Waals surface area contributed by atoms with Crippen molar-refractivity contribution >= 4 is 17.4 Å². The van der Waals surface area contributed by atoms with Crippen LogP contribution in [0, 0.1) is 18.3 Å². The van der Waals surface area contributed by atoms with Gasteiger partial charge < -0.3 is 40.1 Å². The first-order chi connectivity index (χ1) is 23.7. The molecule has 12 heteroatoms. The number of amides is 1. The van der Waals surface area contributed by atoms with E-state index in [-0.39, 0.29) is 11.2 Å². The van der Waals surface area contributed by atoms with E-state index < -0.39 is 5.91 Å². The van der Waals surface area contributed by atoms with Crippen LogP contribution < -0.4 is 16.4 Å². The van der Waals surface area contributed by atoms with Crippen LogP contribution in [0.1, 0.15) is 90.9 Å².